The first kappa shape index (κ1) is 31.5. The van der Waals surface area contributed by atoms with Crippen molar-refractivity contribution >= 4 is 23.7 Å². The van der Waals surface area contributed by atoms with Crippen molar-refractivity contribution in [2.45, 2.75) is 77.2 Å². The van der Waals surface area contributed by atoms with Crippen molar-refractivity contribution in [1.82, 2.24) is 15.1 Å². The third kappa shape index (κ3) is 6.16. The number of aliphatic hydroxyl groups excluding tert-OH is 1. The number of morpholine rings is 1. The Labute approximate surface area is 257 Å². The van der Waals surface area contributed by atoms with Crippen LogP contribution in [0.15, 0.2) is 42.5 Å². The van der Waals surface area contributed by atoms with Crippen LogP contribution in [-0.2, 0) is 16.0 Å². The van der Waals surface area contributed by atoms with E-state index in [2.05, 4.69) is 5.32 Å². The normalized spacial score (nSPS) is 23.9. The summed E-state index contributed by atoms with van der Waals surface area (Å²) in [5.74, 6) is -0.439. The van der Waals surface area contributed by atoms with Crippen LogP contribution in [0.25, 0.3) is 0 Å². The lowest BCUT2D eigenvalue weighted by Gasteiger charge is -2.48. The summed E-state index contributed by atoms with van der Waals surface area (Å²) in [6.45, 7) is 8.34. The van der Waals surface area contributed by atoms with Crippen LogP contribution in [0.3, 0.4) is 0 Å². The average Bonchev–Trinajstić information content (AvgIpc) is 2.97. The summed E-state index contributed by atoms with van der Waals surface area (Å²) in [5.41, 5.74) is 1.95. The van der Waals surface area contributed by atoms with Crippen LogP contribution in [0.1, 0.15) is 78.4 Å². The SMILES string of the molecule is CCOc1cc(C(=O)N2C3COCC2CC(=O)C3)ccc1C(=O)NC[C@@H](O)C1Cc2ccccc2[C@H](C(C)(C)C)N1C(=O)O. The predicted octanol–water partition coefficient (Wildman–Crippen LogP) is 3.44. The fourth-order valence-electron chi connectivity index (χ4n) is 6.86. The quantitative estimate of drug-likeness (QED) is 0.434. The van der Waals surface area contributed by atoms with Gasteiger partial charge in [-0.3, -0.25) is 19.3 Å². The number of carboxylic acid groups (broad SMARTS) is 1. The molecule has 0 radical (unpaired) electrons. The number of nitrogens with one attached hydrogen (secondary N) is 1. The Morgan fingerprint density at radius 2 is 1.73 bits per heavy atom. The van der Waals surface area contributed by atoms with Crippen LogP contribution < -0.4 is 10.1 Å². The number of piperidine rings is 1. The molecule has 3 aliphatic heterocycles. The van der Waals surface area contributed by atoms with Gasteiger partial charge in [-0.1, -0.05) is 45.0 Å². The molecule has 11 nitrogen and oxygen atoms in total. The number of fused-ring (bicyclic) bond motifs is 3. The Bertz CT molecular complexity index is 1420. The first-order valence-corrected chi connectivity index (χ1v) is 15.1. The van der Waals surface area contributed by atoms with E-state index in [-0.39, 0.29) is 61.1 Å². The fraction of sp³-hybridized carbons (Fsp3) is 0.515. The van der Waals surface area contributed by atoms with Gasteiger partial charge in [0.25, 0.3) is 11.8 Å². The molecule has 3 N–H and O–H groups in total. The van der Waals surface area contributed by atoms with Gasteiger partial charge in [-0.25, -0.2) is 4.79 Å². The molecule has 2 aromatic rings. The van der Waals surface area contributed by atoms with Crippen molar-refractivity contribution in [3.05, 3.63) is 64.7 Å². The van der Waals surface area contributed by atoms with E-state index in [0.717, 1.165) is 11.1 Å². The highest BCUT2D eigenvalue weighted by Crippen LogP contribution is 2.44. The molecule has 0 aromatic heterocycles. The monoisotopic (exact) mass is 607 g/mol. The molecule has 2 saturated heterocycles. The van der Waals surface area contributed by atoms with Gasteiger partial charge in [0, 0.05) is 24.9 Å². The van der Waals surface area contributed by atoms with Gasteiger partial charge in [-0.15, -0.1) is 0 Å². The molecule has 3 amide bonds. The maximum atomic E-state index is 13.5. The van der Waals surface area contributed by atoms with Crippen molar-refractivity contribution in [2.24, 2.45) is 5.41 Å². The molecular weight excluding hydrogens is 566 g/mol. The number of aliphatic hydroxyl groups is 1. The largest absolute Gasteiger partial charge is 0.493 e. The third-order valence-corrected chi connectivity index (χ3v) is 8.71. The molecule has 0 spiro atoms. The minimum atomic E-state index is -1.19. The van der Waals surface area contributed by atoms with E-state index in [9.17, 15) is 29.4 Å². The Morgan fingerprint density at radius 3 is 2.36 bits per heavy atom. The second kappa shape index (κ2) is 12.6. The molecule has 5 rings (SSSR count). The van der Waals surface area contributed by atoms with Gasteiger partial charge < -0.3 is 29.9 Å². The van der Waals surface area contributed by atoms with Crippen molar-refractivity contribution in [2.75, 3.05) is 26.4 Å². The van der Waals surface area contributed by atoms with E-state index in [0.29, 0.717) is 25.2 Å². The average molecular weight is 608 g/mol. The van der Waals surface area contributed by atoms with Crippen LogP contribution in [0.2, 0.25) is 0 Å². The van der Waals surface area contributed by atoms with E-state index in [4.69, 9.17) is 9.47 Å². The zero-order valence-electron chi connectivity index (χ0n) is 25.6. The van der Waals surface area contributed by atoms with Crippen LogP contribution >= 0.6 is 0 Å². The second-order valence-electron chi connectivity index (χ2n) is 12.9. The summed E-state index contributed by atoms with van der Waals surface area (Å²) in [7, 11) is 0. The lowest BCUT2D eigenvalue weighted by atomic mass is 9.75. The molecular formula is C33H41N3O8. The standard InChI is InChI=1S/C33H41N3O8/c1-5-44-28-13-20(31(40)35-21-14-23(37)15-22(35)18-43-17-21)10-11-25(28)30(39)34-16-27(38)26-12-19-8-6-7-9-24(19)29(33(2,3)4)36(26)32(41)42/h6-11,13,21-22,26-27,29,38H,5,12,14-18H2,1-4H3,(H,34,39)(H,41,42)/t21?,22?,26?,27-,29-/m1/s1. The number of carbonyl (C=O) groups excluding carboxylic acids is 3. The van der Waals surface area contributed by atoms with Gasteiger partial charge in [-0.2, -0.15) is 0 Å². The van der Waals surface area contributed by atoms with E-state index < -0.39 is 35.6 Å². The summed E-state index contributed by atoms with van der Waals surface area (Å²) >= 11 is 0. The van der Waals surface area contributed by atoms with Crippen molar-refractivity contribution in [3.8, 4) is 5.75 Å². The molecule has 2 aromatic carbocycles. The molecule has 0 aliphatic carbocycles. The Hall–Kier alpha value is -3.96. The molecule has 11 heteroatoms. The first-order valence-electron chi connectivity index (χ1n) is 15.1. The Kier molecular flexibility index (Phi) is 8.99. The fourth-order valence-corrected chi connectivity index (χ4v) is 6.86. The predicted molar refractivity (Wildman–Crippen MR) is 161 cm³/mol. The van der Waals surface area contributed by atoms with Gasteiger partial charge in [-0.05, 0) is 48.1 Å². The molecule has 2 bridgehead atoms. The number of rotatable bonds is 7. The number of Topliss-reactive ketones (excluding diaryl/α,β-unsaturated/α-hetero) is 1. The number of hydrogen-bond acceptors (Lipinski definition) is 7. The number of amides is 3. The molecule has 3 heterocycles. The molecule has 0 saturated carbocycles. The van der Waals surface area contributed by atoms with Crippen LogP contribution in [-0.4, -0.2) is 94.3 Å². The Balaban J connectivity index is 1.33. The van der Waals surface area contributed by atoms with E-state index >= 15 is 0 Å². The van der Waals surface area contributed by atoms with Gasteiger partial charge in [0.05, 0.1) is 55.7 Å². The minimum Gasteiger partial charge on any atom is -0.493 e. The summed E-state index contributed by atoms with van der Waals surface area (Å²) in [4.78, 5) is 54.6. The molecule has 5 atom stereocenters. The highest BCUT2D eigenvalue weighted by atomic mass is 16.5. The smallest absolute Gasteiger partial charge is 0.408 e. The number of benzene rings is 2. The third-order valence-electron chi connectivity index (χ3n) is 8.71. The van der Waals surface area contributed by atoms with Crippen molar-refractivity contribution < 1.29 is 38.9 Å². The topological polar surface area (TPSA) is 146 Å². The number of hydrogen-bond donors (Lipinski definition) is 3. The Morgan fingerprint density at radius 1 is 1.05 bits per heavy atom. The van der Waals surface area contributed by atoms with Crippen LogP contribution in [0.4, 0.5) is 4.79 Å². The summed E-state index contributed by atoms with van der Waals surface area (Å²) in [6.07, 6.45) is -1.50. The first-order chi connectivity index (χ1) is 20.9. The molecule has 3 aliphatic rings. The minimum absolute atomic E-state index is 0.120. The molecule has 236 valence electrons. The summed E-state index contributed by atoms with van der Waals surface area (Å²) < 4.78 is 11.3. The highest BCUT2D eigenvalue weighted by Gasteiger charge is 2.46. The molecule has 3 unspecified atom stereocenters. The lowest BCUT2D eigenvalue weighted by molar-refractivity contribution is -0.131. The van der Waals surface area contributed by atoms with Crippen LogP contribution in [0.5, 0.6) is 5.75 Å². The van der Waals surface area contributed by atoms with Gasteiger partial charge >= 0.3 is 6.09 Å². The highest BCUT2D eigenvalue weighted by molar-refractivity contribution is 6.01. The number of ether oxygens (including phenoxy) is 2. The summed E-state index contributed by atoms with van der Waals surface area (Å²) in [5, 5.41) is 24.3. The lowest BCUT2D eigenvalue weighted by Crippen LogP contribution is -2.59. The van der Waals surface area contributed by atoms with Crippen molar-refractivity contribution in [3.63, 3.8) is 0 Å². The number of ketones is 1. The molecule has 44 heavy (non-hydrogen) atoms. The van der Waals surface area contributed by atoms with Gasteiger partial charge in [0.1, 0.15) is 11.5 Å². The maximum Gasteiger partial charge on any atom is 0.408 e. The summed E-state index contributed by atoms with van der Waals surface area (Å²) in [6, 6.07) is 10.4. The zero-order valence-corrected chi connectivity index (χ0v) is 25.6. The van der Waals surface area contributed by atoms with E-state index in [1.54, 1.807) is 17.9 Å². The van der Waals surface area contributed by atoms with Crippen LogP contribution in [0, 0.1) is 5.41 Å². The second-order valence-corrected chi connectivity index (χ2v) is 12.9. The maximum absolute atomic E-state index is 13.5. The van der Waals surface area contributed by atoms with Gasteiger partial charge in [0.15, 0.2) is 0 Å². The van der Waals surface area contributed by atoms with E-state index in [1.807, 2.05) is 45.0 Å². The molecule has 2 fully saturated rings. The number of nitrogens with zero attached hydrogens (tertiary/aromatic N) is 2. The number of carbonyl (C=O) groups is 4. The van der Waals surface area contributed by atoms with Crippen molar-refractivity contribution in [1.29, 1.82) is 0 Å². The van der Waals surface area contributed by atoms with Gasteiger partial charge in [0.2, 0.25) is 0 Å². The zero-order chi connectivity index (χ0) is 31.8. The van der Waals surface area contributed by atoms with E-state index in [1.165, 1.54) is 17.0 Å².